The Kier molecular flexibility index (Phi) is 5.43. The molecule has 0 heterocycles. The molecular formula is C18H22BrNO. The normalized spacial score (nSPS) is 12.2. The third kappa shape index (κ3) is 3.86. The molecule has 0 saturated heterocycles. The fraction of sp³-hybridized carbons (Fsp3) is 0.333. The second kappa shape index (κ2) is 7.10. The number of nitrogens with one attached hydrogen (secondary N) is 1. The zero-order valence-corrected chi connectivity index (χ0v) is 14.6. The highest BCUT2D eigenvalue weighted by Crippen LogP contribution is 2.30. The van der Waals surface area contributed by atoms with E-state index >= 15 is 0 Å². The van der Waals surface area contributed by atoms with Crippen molar-refractivity contribution in [1.29, 1.82) is 0 Å². The van der Waals surface area contributed by atoms with Crippen LogP contribution in [-0.4, -0.2) is 14.2 Å². The van der Waals surface area contributed by atoms with Gasteiger partial charge in [-0.3, -0.25) is 0 Å². The van der Waals surface area contributed by atoms with E-state index in [0.29, 0.717) is 0 Å². The van der Waals surface area contributed by atoms with Gasteiger partial charge in [0, 0.05) is 10.5 Å². The van der Waals surface area contributed by atoms with E-state index in [1.807, 2.05) is 13.1 Å². The van der Waals surface area contributed by atoms with Crippen LogP contribution < -0.4 is 10.1 Å². The molecule has 0 aliphatic carbocycles. The molecule has 2 aromatic carbocycles. The SMILES string of the molecule is CNC(Cc1cc(C)ccc1OC)c1ccc(C)cc1Br. The highest BCUT2D eigenvalue weighted by atomic mass is 79.9. The third-order valence-corrected chi connectivity index (χ3v) is 4.43. The number of ether oxygens (including phenoxy) is 1. The number of hydrogen-bond acceptors (Lipinski definition) is 2. The summed E-state index contributed by atoms with van der Waals surface area (Å²) in [6, 6.07) is 13.1. The van der Waals surface area contributed by atoms with Crippen molar-refractivity contribution in [1.82, 2.24) is 5.32 Å². The van der Waals surface area contributed by atoms with Crippen molar-refractivity contribution in [3.05, 3.63) is 63.1 Å². The highest BCUT2D eigenvalue weighted by Gasteiger charge is 2.16. The second-order valence-electron chi connectivity index (χ2n) is 5.39. The Labute approximate surface area is 135 Å². The van der Waals surface area contributed by atoms with Crippen LogP contribution in [0.1, 0.15) is 28.3 Å². The summed E-state index contributed by atoms with van der Waals surface area (Å²) in [7, 11) is 3.73. The van der Waals surface area contributed by atoms with E-state index in [-0.39, 0.29) is 6.04 Å². The molecule has 112 valence electrons. The third-order valence-electron chi connectivity index (χ3n) is 3.74. The van der Waals surface area contributed by atoms with Crippen molar-refractivity contribution in [2.75, 3.05) is 14.2 Å². The smallest absolute Gasteiger partial charge is 0.122 e. The minimum atomic E-state index is 0.246. The number of halogens is 1. The molecule has 1 N–H and O–H groups in total. The first-order valence-corrected chi connectivity index (χ1v) is 7.91. The van der Waals surface area contributed by atoms with Crippen LogP contribution in [0.5, 0.6) is 5.75 Å². The van der Waals surface area contributed by atoms with Crippen molar-refractivity contribution < 1.29 is 4.74 Å². The maximum atomic E-state index is 5.49. The van der Waals surface area contributed by atoms with E-state index in [0.717, 1.165) is 16.6 Å². The quantitative estimate of drug-likeness (QED) is 0.854. The zero-order chi connectivity index (χ0) is 15.4. The summed E-state index contributed by atoms with van der Waals surface area (Å²) in [5.41, 5.74) is 5.01. The molecule has 2 nitrogen and oxygen atoms in total. The number of benzene rings is 2. The van der Waals surface area contributed by atoms with E-state index in [1.165, 1.54) is 22.3 Å². The summed E-state index contributed by atoms with van der Waals surface area (Å²) in [6.07, 6.45) is 0.892. The Morgan fingerprint density at radius 1 is 1.10 bits per heavy atom. The van der Waals surface area contributed by atoms with Crippen LogP contribution in [0.15, 0.2) is 40.9 Å². The summed E-state index contributed by atoms with van der Waals surface area (Å²) >= 11 is 3.68. The van der Waals surface area contributed by atoms with Gasteiger partial charge in [0.2, 0.25) is 0 Å². The molecule has 0 bridgehead atoms. The predicted molar refractivity (Wildman–Crippen MR) is 92.1 cm³/mol. The summed E-state index contributed by atoms with van der Waals surface area (Å²) in [5, 5.41) is 3.41. The molecular weight excluding hydrogens is 326 g/mol. The molecule has 0 aliphatic heterocycles. The molecule has 0 spiro atoms. The van der Waals surface area contributed by atoms with Crippen LogP contribution >= 0.6 is 15.9 Å². The topological polar surface area (TPSA) is 21.3 Å². The number of aryl methyl sites for hydroxylation is 2. The molecule has 0 fully saturated rings. The van der Waals surface area contributed by atoms with Crippen LogP contribution in [-0.2, 0) is 6.42 Å². The molecule has 0 saturated carbocycles. The molecule has 0 aliphatic rings. The lowest BCUT2D eigenvalue weighted by Gasteiger charge is -2.20. The summed E-state index contributed by atoms with van der Waals surface area (Å²) in [6.45, 7) is 4.21. The van der Waals surface area contributed by atoms with Gasteiger partial charge in [-0.1, -0.05) is 45.8 Å². The van der Waals surface area contributed by atoms with Crippen LogP contribution in [0.2, 0.25) is 0 Å². The fourth-order valence-corrected chi connectivity index (χ4v) is 3.34. The number of hydrogen-bond donors (Lipinski definition) is 1. The predicted octanol–water partition coefficient (Wildman–Crippen LogP) is 4.58. The van der Waals surface area contributed by atoms with Gasteiger partial charge in [0.1, 0.15) is 5.75 Å². The van der Waals surface area contributed by atoms with Crippen LogP contribution in [0, 0.1) is 13.8 Å². The molecule has 1 atom stereocenters. The van der Waals surface area contributed by atoms with Crippen molar-refractivity contribution in [3.63, 3.8) is 0 Å². The molecule has 0 aromatic heterocycles. The lowest BCUT2D eigenvalue weighted by molar-refractivity contribution is 0.406. The molecule has 3 heteroatoms. The number of likely N-dealkylation sites (N-methyl/N-ethyl adjacent to an activating group) is 1. The van der Waals surface area contributed by atoms with Crippen molar-refractivity contribution in [3.8, 4) is 5.75 Å². The minimum Gasteiger partial charge on any atom is -0.496 e. The zero-order valence-electron chi connectivity index (χ0n) is 13.0. The molecule has 1 unspecified atom stereocenters. The first kappa shape index (κ1) is 16.1. The average Bonchev–Trinajstić information content (AvgIpc) is 2.45. The van der Waals surface area contributed by atoms with E-state index in [9.17, 15) is 0 Å². The molecule has 2 aromatic rings. The summed E-state index contributed by atoms with van der Waals surface area (Å²) < 4.78 is 6.64. The van der Waals surface area contributed by atoms with Crippen molar-refractivity contribution >= 4 is 15.9 Å². The maximum Gasteiger partial charge on any atom is 0.122 e. The second-order valence-corrected chi connectivity index (χ2v) is 6.24. The summed E-state index contributed by atoms with van der Waals surface area (Å²) in [4.78, 5) is 0. The average molecular weight is 348 g/mol. The lowest BCUT2D eigenvalue weighted by atomic mass is 9.96. The standard InChI is InChI=1S/C18H22BrNO/c1-12-6-8-18(21-4)14(9-12)11-17(20-3)15-7-5-13(2)10-16(15)19/h5-10,17,20H,11H2,1-4H3. The van der Waals surface area contributed by atoms with E-state index in [1.54, 1.807) is 7.11 Å². The Morgan fingerprint density at radius 2 is 1.76 bits per heavy atom. The van der Waals surface area contributed by atoms with Gasteiger partial charge >= 0.3 is 0 Å². The van der Waals surface area contributed by atoms with Gasteiger partial charge in [-0.2, -0.15) is 0 Å². The van der Waals surface area contributed by atoms with Crippen LogP contribution in [0.4, 0.5) is 0 Å². The fourth-order valence-electron chi connectivity index (χ4n) is 2.57. The Morgan fingerprint density at radius 3 is 2.38 bits per heavy atom. The number of rotatable bonds is 5. The van der Waals surface area contributed by atoms with Crippen LogP contribution in [0.3, 0.4) is 0 Å². The van der Waals surface area contributed by atoms with Crippen molar-refractivity contribution in [2.45, 2.75) is 26.3 Å². The van der Waals surface area contributed by atoms with Gasteiger partial charge < -0.3 is 10.1 Å². The lowest BCUT2D eigenvalue weighted by Crippen LogP contribution is -2.19. The van der Waals surface area contributed by atoms with Gasteiger partial charge in [-0.25, -0.2) is 0 Å². The summed E-state index contributed by atoms with van der Waals surface area (Å²) in [5.74, 6) is 0.948. The largest absolute Gasteiger partial charge is 0.496 e. The minimum absolute atomic E-state index is 0.246. The molecule has 2 rings (SSSR count). The Hall–Kier alpha value is -1.32. The van der Waals surface area contributed by atoms with Gasteiger partial charge in [-0.05, 0) is 56.1 Å². The van der Waals surface area contributed by atoms with Gasteiger partial charge in [0.05, 0.1) is 7.11 Å². The number of methoxy groups -OCH3 is 1. The van der Waals surface area contributed by atoms with Gasteiger partial charge in [-0.15, -0.1) is 0 Å². The maximum absolute atomic E-state index is 5.49. The van der Waals surface area contributed by atoms with Crippen LogP contribution in [0.25, 0.3) is 0 Å². The van der Waals surface area contributed by atoms with E-state index in [2.05, 4.69) is 65.4 Å². The Bertz CT molecular complexity index is 625. The molecule has 0 radical (unpaired) electrons. The molecule has 0 amide bonds. The van der Waals surface area contributed by atoms with Gasteiger partial charge in [0.25, 0.3) is 0 Å². The van der Waals surface area contributed by atoms with Gasteiger partial charge in [0.15, 0.2) is 0 Å². The Balaban J connectivity index is 2.33. The van der Waals surface area contributed by atoms with E-state index < -0.39 is 0 Å². The first-order chi connectivity index (χ1) is 10.0. The molecule has 21 heavy (non-hydrogen) atoms. The van der Waals surface area contributed by atoms with E-state index in [4.69, 9.17) is 4.74 Å². The van der Waals surface area contributed by atoms with Crippen molar-refractivity contribution in [2.24, 2.45) is 0 Å². The monoisotopic (exact) mass is 347 g/mol. The highest BCUT2D eigenvalue weighted by molar-refractivity contribution is 9.10. The first-order valence-electron chi connectivity index (χ1n) is 7.12.